The lowest BCUT2D eigenvalue weighted by atomic mass is 10.0. The molecule has 0 spiro atoms. The van der Waals surface area contributed by atoms with Gasteiger partial charge in [0.05, 0.1) is 23.8 Å². The lowest BCUT2D eigenvalue weighted by Crippen LogP contribution is -2.10. The Bertz CT molecular complexity index is 545. The van der Waals surface area contributed by atoms with Crippen molar-refractivity contribution in [3.8, 4) is 0 Å². The Morgan fingerprint density at radius 3 is 2.94 bits per heavy atom. The fourth-order valence-electron chi connectivity index (χ4n) is 1.85. The van der Waals surface area contributed by atoms with Gasteiger partial charge in [0.2, 0.25) is 0 Å². The molecule has 0 aliphatic heterocycles. The van der Waals surface area contributed by atoms with Crippen molar-refractivity contribution in [3.63, 3.8) is 0 Å². The zero-order valence-corrected chi connectivity index (χ0v) is 8.97. The van der Waals surface area contributed by atoms with E-state index in [9.17, 15) is 4.79 Å². The molecule has 0 aliphatic rings. The molecule has 84 valence electrons. The molecule has 1 aromatic heterocycles. The van der Waals surface area contributed by atoms with Crippen LogP contribution in [0.15, 0.2) is 18.3 Å². The first kappa shape index (κ1) is 10.6. The number of carboxylic acids is 1. The third kappa shape index (κ3) is 1.55. The van der Waals surface area contributed by atoms with Crippen LogP contribution in [0.2, 0.25) is 0 Å². The average molecular weight is 219 g/mol. The second kappa shape index (κ2) is 3.94. The minimum absolute atomic E-state index is 0.320. The molecule has 5 nitrogen and oxygen atoms in total. The number of fused-ring (bicyclic) bond motifs is 1. The maximum atomic E-state index is 11.1. The Labute approximate surface area is 92.5 Å². The van der Waals surface area contributed by atoms with Crippen molar-refractivity contribution in [1.29, 1.82) is 0 Å². The lowest BCUT2D eigenvalue weighted by Gasteiger charge is -2.04. The van der Waals surface area contributed by atoms with Gasteiger partial charge in [-0.3, -0.25) is 4.68 Å². The van der Waals surface area contributed by atoms with Crippen LogP contribution in [0.25, 0.3) is 10.9 Å². The van der Waals surface area contributed by atoms with E-state index in [1.807, 2.05) is 6.07 Å². The molecule has 3 N–H and O–H groups in total. The summed E-state index contributed by atoms with van der Waals surface area (Å²) >= 11 is 0. The summed E-state index contributed by atoms with van der Waals surface area (Å²) in [5.74, 6) is -0.921. The quantitative estimate of drug-likeness (QED) is 0.807. The minimum atomic E-state index is -0.921. The molecule has 0 saturated carbocycles. The summed E-state index contributed by atoms with van der Waals surface area (Å²) in [7, 11) is 0. The van der Waals surface area contributed by atoms with Crippen molar-refractivity contribution in [2.75, 3.05) is 6.54 Å². The molecular weight excluding hydrogens is 206 g/mol. The number of hydrogen-bond donors (Lipinski definition) is 2. The smallest absolute Gasteiger partial charge is 0.336 e. The highest BCUT2D eigenvalue weighted by atomic mass is 16.4. The summed E-state index contributed by atoms with van der Waals surface area (Å²) < 4.78 is 1.72. The van der Waals surface area contributed by atoms with E-state index in [1.165, 1.54) is 0 Å². The van der Waals surface area contributed by atoms with Crippen molar-refractivity contribution < 1.29 is 9.90 Å². The normalized spacial score (nSPS) is 10.9. The molecule has 1 aromatic carbocycles. The largest absolute Gasteiger partial charge is 0.478 e. The maximum absolute atomic E-state index is 11.1. The monoisotopic (exact) mass is 219 g/mol. The summed E-state index contributed by atoms with van der Waals surface area (Å²) in [4.78, 5) is 11.1. The first-order valence-electron chi connectivity index (χ1n) is 5.03. The van der Waals surface area contributed by atoms with E-state index < -0.39 is 5.97 Å². The number of carbonyl (C=O) groups is 1. The molecule has 2 rings (SSSR count). The lowest BCUT2D eigenvalue weighted by molar-refractivity contribution is 0.0698. The van der Waals surface area contributed by atoms with Gasteiger partial charge in [-0.25, -0.2) is 4.79 Å². The molecular formula is C11H13N3O2. The van der Waals surface area contributed by atoms with Crippen LogP contribution in [0.5, 0.6) is 0 Å². The summed E-state index contributed by atoms with van der Waals surface area (Å²) in [6, 6.07) is 3.67. The average Bonchev–Trinajstić information content (AvgIpc) is 2.61. The van der Waals surface area contributed by atoms with Gasteiger partial charge in [-0.15, -0.1) is 0 Å². The van der Waals surface area contributed by atoms with Gasteiger partial charge in [-0.2, -0.15) is 5.10 Å². The first-order chi connectivity index (χ1) is 7.65. The standard InChI is InChI=1S/C11H13N3O2/c1-7-2-3-9-8(10(7)11(15)16)6-13-14(9)5-4-12/h2-3,6H,4-5,12H2,1H3,(H,15,16). The highest BCUT2D eigenvalue weighted by molar-refractivity contribution is 6.03. The van der Waals surface area contributed by atoms with E-state index in [0.717, 1.165) is 11.1 Å². The fraction of sp³-hybridized carbons (Fsp3) is 0.273. The van der Waals surface area contributed by atoms with Crippen LogP contribution in [-0.4, -0.2) is 27.4 Å². The minimum Gasteiger partial charge on any atom is -0.478 e. The molecule has 1 heterocycles. The number of aromatic carboxylic acids is 1. The van der Waals surface area contributed by atoms with Crippen LogP contribution >= 0.6 is 0 Å². The van der Waals surface area contributed by atoms with Gasteiger partial charge in [0.15, 0.2) is 0 Å². The Morgan fingerprint density at radius 1 is 1.56 bits per heavy atom. The molecule has 0 saturated heterocycles. The van der Waals surface area contributed by atoms with Gasteiger partial charge in [-0.05, 0) is 18.6 Å². The molecule has 0 aliphatic carbocycles. The van der Waals surface area contributed by atoms with Crippen LogP contribution in [-0.2, 0) is 6.54 Å². The van der Waals surface area contributed by atoms with Gasteiger partial charge in [-0.1, -0.05) is 6.07 Å². The fourth-order valence-corrected chi connectivity index (χ4v) is 1.85. The van der Waals surface area contributed by atoms with Crippen LogP contribution in [0.3, 0.4) is 0 Å². The van der Waals surface area contributed by atoms with Gasteiger partial charge in [0, 0.05) is 11.9 Å². The second-order valence-corrected chi connectivity index (χ2v) is 3.65. The Morgan fingerprint density at radius 2 is 2.31 bits per heavy atom. The van der Waals surface area contributed by atoms with E-state index in [0.29, 0.717) is 24.0 Å². The van der Waals surface area contributed by atoms with Crippen LogP contribution in [0, 0.1) is 6.92 Å². The number of aryl methyl sites for hydroxylation is 1. The second-order valence-electron chi connectivity index (χ2n) is 3.65. The third-order valence-corrected chi connectivity index (χ3v) is 2.59. The molecule has 0 unspecified atom stereocenters. The highest BCUT2D eigenvalue weighted by Gasteiger charge is 2.14. The number of rotatable bonds is 3. The van der Waals surface area contributed by atoms with Gasteiger partial charge in [0.25, 0.3) is 0 Å². The zero-order valence-electron chi connectivity index (χ0n) is 8.97. The van der Waals surface area contributed by atoms with Crippen molar-refractivity contribution in [2.24, 2.45) is 5.73 Å². The summed E-state index contributed by atoms with van der Waals surface area (Å²) in [5.41, 5.74) is 7.34. The number of hydrogen-bond acceptors (Lipinski definition) is 3. The van der Waals surface area contributed by atoms with Crippen molar-refractivity contribution in [2.45, 2.75) is 13.5 Å². The van der Waals surface area contributed by atoms with E-state index in [4.69, 9.17) is 10.8 Å². The number of nitrogens with two attached hydrogens (primary N) is 1. The van der Waals surface area contributed by atoms with Crippen molar-refractivity contribution in [3.05, 3.63) is 29.5 Å². The van der Waals surface area contributed by atoms with E-state index >= 15 is 0 Å². The summed E-state index contributed by atoms with van der Waals surface area (Å²) in [5, 5.41) is 14.0. The molecule has 16 heavy (non-hydrogen) atoms. The molecule has 0 atom stereocenters. The molecule has 0 bridgehead atoms. The SMILES string of the molecule is Cc1ccc2c(cnn2CCN)c1C(=O)O. The Balaban J connectivity index is 2.70. The molecule has 0 fully saturated rings. The predicted molar refractivity (Wildman–Crippen MR) is 60.5 cm³/mol. The van der Waals surface area contributed by atoms with Crippen LogP contribution in [0.1, 0.15) is 15.9 Å². The van der Waals surface area contributed by atoms with Crippen LogP contribution < -0.4 is 5.73 Å². The maximum Gasteiger partial charge on any atom is 0.336 e. The van der Waals surface area contributed by atoms with Gasteiger partial charge in [0.1, 0.15) is 0 Å². The van der Waals surface area contributed by atoms with Crippen LogP contribution in [0.4, 0.5) is 0 Å². The van der Waals surface area contributed by atoms with Crippen molar-refractivity contribution in [1.82, 2.24) is 9.78 Å². The number of nitrogens with zero attached hydrogens (tertiary/aromatic N) is 2. The van der Waals surface area contributed by atoms with Gasteiger partial charge >= 0.3 is 5.97 Å². The Kier molecular flexibility index (Phi) is 2.62. The molecule has 5 heteroatoms. The van der Waals surface area contributed by atoms with E-state index in [-0.39, 0.29) is 0 Å². The first-order valence-corrected chi connectivity index (χ1v) is 5.03. The highest BCUT2D eigenvalue weighted by Crippen LogP contribution is 2.21. The summed E-state index contributed by atoms with van der Waals surface area (Å²) in [6.45, 7) is 2.85. The Hall–Kier alpha value is -1.88. The zero-order chi connectivity index (χ0) is 11.7. The topological polar surface area (TPSA) is 81.1 Å². The number of aromatic nitrogens is 2. The van der Waals surface area contributed by atoms with E-state index in [2.05, 4.69) is 5.10 Å². The van der Waals surface area contributed by atoms with Crippen molar-refractivity contribution >= 4 is 16.9 Å². The van der Waals surface area contributed by atoms with Gasteiger partial charge < -0.3 is 10.8 Å². The predicted octanol–water partition coefficient (Wildman–Crippen LogP) is 1.00. The number of carboxylic acid groups (broad SMARTS) is 1. The molecule has 2 aromatic rings. The number of benzene rings is 1. The third-order valence-electron chi connectivity index (χ3n) is 2.59. The van der Waals surface area contributed by atoms with E-state index in [1.54, 1.807) is 23.9 Å². The summed E-state index contributed by atoms with van der Waals surface area (Å²) in [6.07, 6.45) is 1.58. The molecule has 0 radical (unpaired) electrons. The molecule has 0 amide bonds.